The second-order valence-electron chi connectivity index (χ2n) is 7.46. The number of carbonyl (C=O) groups is 2. The van der Waals surface area contributed by atoms with Crippen LogP contribution in [-0.2, 0) is 11.2 Å². The van der Waals surface area contributed by atoms with Crippen molar-refractivity contribution in [2.75, 3.05) is 11.1 Å². The summed E-state index contributed by atoms with van der Waals surface area (Å²) in [5.74, 6) is -1.33. The molecule has 0 aliphatic rings. The van der Waals surface area contributed by atoms with E-state index < -0.39 is 5.97 Å². The Balaban J connectivity index is 1.56. The Labute approximate surface area is 213 Å². The smallest absolute Gasteiger partial charge is 0.335 e. The molecule has 174 valence electrons. The molecule has 0 atom stereocenters. The zero-order valence-corrected chi connectivity index (χ0v) is 21.2. The number of carboxylic acids is 1. The zero-order chi connectivity index (χ0) is 24.2. The molecule has 0 fully saturated rings. The van der Waals surface area contributed by atoms with Crippen LogP contribution < -0.4 is 5.32 Å². The number of anilines is 1. The normalized spacial score (nSPS) is 11.0. The minimum atomic E-state index is -1.09. The number of hydrogen-bond acceptors (Lipinski definition) is 5. The molecule has 0 aliphatic heterocycles. The molecule has 0 aliphatic carbocycles. The third-order valence-electron chi connectivity index (χ3n) is 5.17. The Hall–Kier alpha value is -2.88. The number of aromatic nitrogens is 3. The molecule has 2 N–H and O–H groups in total. The number of carboxylic acid groups (broad SMARTS) is 1. The Morgan fingerprint density at radius 2 is 1.88 bits per heavy atom. The van der Waals surface area contributed by atoms with Crippen LogP contribution in [0.1, 0.15) is 29.3 Å². The quantitative estimate of drug-likeness (QED) is 0.249. The lowest BCUT2D eigenvalue weighted by Crippen LogP contribution is -2.15. The number of fused-ring (bicyclic) bond motifs is 1. The van der Waals surface area contributed by atoms with Gasteiger partial charge in [0.15, 0.2) is 5.16 Å². The minimum absolute atomic E-state index is 0.0486. The summed E-state index contributed by atoms with van der Waals surface area (Å²) in [7, 11) is 0. The maximum Gasteiger partial charge on any atom is 0.335 e. The number of amides is 1. The van der Waals surface area contributed by atoms with Crippen molar-refractivity contribution in [3.63, 3.8) is 0 Å². The van der Waals surface area contributed by atoms with E-state index in [1.807, 2.05) is 16.7 Å². The summed E-state index contributed by atoms with van der Waals surface area (Å²) in [5, 5.41) is 23.1. The van der Waals surface area contributed by atoms with Gasteiger partial charge in [0.2, 0.25) is 10.6 Å². The monoisotopic (exact) mass is 558 g/mol. The molecular weight excluding hydrogens is 540 g/mol. The molecule has 4 rings (SSSR count). The van der Waals surface area contributed by atoms with Crippen LogP contribution in [0.15, 0.2) is 64.5 Å². The van der Waals surface area contributed by atoms with Gasteiger partial charge in [-0.25, -0.2) is 4.79 Å². The fourth-order valence-corrected chi connectivity index (χ4v) is 5.17. The number of carbonyl (C=O) groups excluding carboxylic acids is 1. The van der Waals surface area contributed by atoms with Crippen LogP contribution in [0.3, 0.4) is 0 Å². The van der Waals surface area contributed by atoms with Gasteiger partial charge in [0, 0.05) is 5.39 Å². The molecule has 1 aromatic heterocycles. The van der Waals surface area contributed by atoms with Gasteiger partial charge in [-0.05, 0) is 57.6 Å². The van der Waals surface area contributed by atoms with Crippen LogP contribution in [0.25, 0.3) is 16.5 Å². The lowest BCUT2D eigenvalue weighted by molar-refractivity contribution is -0.113. The second kappa shape index (κ2) is 10.6. The van der Waals surface area contributed by atoms with Crippen LogP contribution in [0, 0.1) is 0 Å². The molecule has 0 unspecified atom stereocenters. The van der Waals surface area contributed by atoms with Gasteiger partial charge in [-0.1, -0.05) is 67.0 Å². The van der Waals surface area contributed by atoms with Crippen molar-refractivity contribution >= 4 is 67.6 Å². The fraction of sp³-hybridized carbons (Fsp3) is 0.167. The van der Waals surface area contributed by atoms with Crippen molar-refractivity contribution in [1.29, 1.82) is 0 Å². The molecule has 0 spiro atoms. The summed E-state index contributed by atoms with van der Waals surface area (Å²) in [6, 6.07) is 16.5. The molecule has 10 heteroatoms. The summed E-state index contributed by atoms with van der Waals surface area (Å²) in [5.41, 5.74) is 2.60. The van der Waals surface area contributed by atoms with E-state index in [2.05, 4.69) is 62.6 Å². The van der Waals surface area contributed by atoms with Crippen molar-refractivity contribution in [3.05, 3.63) is 75.5 Å². The third kappa shape index (κ3) is 5.11. The maximum atomic E-state index is 12.6. The summed E-state index contributed by atoms with van der Waals surface area (Å²) >= 11 is 10.8. The SMILES string of the molecule is CCCc1ccc(-n2c(Br)nnc2SCC(=O)Nc2ccc(C(=O)O)cc2Cl)c2ccccc12. The van der Waals surface area contributed by atoms with Gasteiger partial charge in [0.25, 0.3) is 0 Å². The molecule has 4 aromatic rings. The Morgan fingerprint density at radius 3 is 2.59 bits per heavy atom. The van der Waals surface area contributed by atoms with Crippen molar-refractivity contribution in [3.8, 4) is 5.69 Å². The highest BCUT2D eigenvalue weighted by Crippen LogP contribution is 2.32. The van der Waals surface area contributed by atoms with Crippen LogP contribution in [-0.4, -0.2) is 37.5 Å². The fourth-order valence-electron chi connectivity index (χ4n) is 3.64. The molecular formula is C24H20BrClN4O3S. The van der Waals surface area contributed by atoms with E-state index >= 15 is 0 Å². The standard InChI is InChI=1S/C24H20BrClN4O3S/c1-2-5-14-9-11-20(17-7-4-3-6-16(14)17)30-23(25)28-29-24(30)34-13-21(31)27-19-10-8-15(22(32)33)12-18(19)26/h3-4,6-12H,2,5,13H2,1H3,(H,27,31)(H,32,33). The number of nitrogens with one attached hydrogen (secondary N) is 1. The van der Waals surface area contributed by atoms with Gasteiger partial charge in [-0.2, -0.15) is 0 Å². The van der Waals surface area contributed by atoms with E-state index in [4.69, 9.17) is 16.7 Å². The first-order chi connectivity index (χ1) is 16.4. The van der Waals surface area contributed by atoms with Gasteiger partial charge in [-0.3, -0.25) is 9.36 Å². The van der Waals surface area contributed by atoms with Gasteiger partial charge in [-0.15, -0.1) is 10.2 Å². The molecule has 0 saturated carbocycles. The van der Waals surface area contributed by atoms with Crippen LogP contribution in [0.2, 0.25) is 5.02 Å². The highest BCUT2D eigenvalue weighted by atomic mass is 79.9. The summed E-state index contributed by atoms with van der Waals surface area (Å²) in [6.45, 7) is 2.16. The number of aryl methyl sites for hydroxylation is 1. The number of aromatic carboxylic acids is 1. The topological polar surface area (TPSA) is 97.1 Å². The number of thioether (sulfide) groups is 1. The van der Waals surface area contributed by atoms with Crippen molar-refractivity contribution in [2.24, 2.45) is 0 Å². The number of rotatable bonds is 8. The van der Waals surface area contributed by atoms with Crippen molar-refractivity contribution in [2.45, 2.75) is 24.9 Å². The second-order valence-corrected chi connectivity index (χ2v) is 9.52. The van der Waals surface area contributed by atoms with Gasteiger partial charge >= 0.3 is 5.97 Å². The molecule has 0 bridgehead atoms. The van der Waals surface area contributed by atoms with E-state index in [0.717, 1.165) is 23.9 Å². The minimum Gasteiger partial charge on any atom is -0.478 e. The first-order valence-corrected chi connectivity index (χ1v) is 12.6. The van der Waals surface area contributed by atoms with E-state index in [-0.39, 0.29) is 22.2 Å². The average Bonchev–Trinajstić information content (AvgIpc) is 3.19. The van der Waals surface area contributed by atoms with Crippen LogP contribution in [0.4, 0.5) is 5.69 Å². The lowest BCUT2D eigenvalue weighted by Gasteiger charge is -2.14. The van der Waals surface area contributed by atoms with E-state index in [1.54, 1.807) is 0 Å². The molecule has 1 amide bonds. The molecule has 0 saturated heterocycles. The number of nitrogens with zero attached hydrogens (tertiary/aromatic N) is 3. The molecule has 7 nitrogen and oxygen atoms in total. The van der Waals surface area contributed by atoms with Crippen molar-refractivity contribution < 1.29 is 14.7 Å². The van der Waals surface area contributed by atoms with Gasteiger partial charge in [0.1, 0.15) is 0 Å². The number of hydrogen-bond donors (Lipinski definition) is 2. The van der Waals surface area contributed by atoms with Crippen LogP contribution >= 0.6 is 39.3 Å². The molecule has 0 radical (unpaired) electrons. The highest BCUT2D eigenvalue weighted by Gasteiger charge is 2.18. The van der Waals surface area contributed by atoms with Crippen molar-refractivity contribution in [1.82, 2.24) is 14.8 Å². The van der Waals surface area contributed by atoms with E-state index in [0.29, 0.717) is 15.6 Å². The maximum absolute atomic E-state index is 12.6. The predicted molar refractivity (Wildman–Crippen MR) is 138 cm³/mol. The summed E-state index contributed by atoms with van der Waals surface area (Å²) in [6.07, 6.45) is 2.04. The molecule has 3 aromatic carbocycles. The summed E-state index contributed by atoms with van der Waals surface area (Å²) in [4.78, 5) is 23.6. The largest absolute Gasteiger partial charge is 0.478 e. The van der Waals surface area contributed by atoms with Gasteiger partial charge in [0.05, 0.1) is 27.7 Å². The molecule has 1 heterocycles. The highest BCUT2D eigenvalue weighted by molar-refractivity contribution is 9.10. The zero-order valence-electron chi connectivity index (χ0n) is 18.1. The van der Waals surface area contributed by atoms with Gasteiger partial charge < -0.3 is 10.4 Å². The lowest BCUT2D eigenvalue weighted by atomic mass is 10.00. The summed E-state index contributed by atoms with van der Waals surface area (Å²) < 4.78 is 2.42. The first-order valence-electron chi connectivity index (χ1n) is 10.5. The van der Waals surface area contributed by atoms with E-state index in [9.17, 15) is 9.59 Å². The number of halogens is 2. The Kier molecular flexibility index (Phi) is 7.55. The molecule has 34 heavy (non-hydrogen) atoms. The predicted octanol–water partition coefficient (Wildman–Crippen LogP) is 6.22. The third-order valence-corrected chi connectivity index (χ3v) is 6.92. The average molecular weight is 560 g/mol. The van der Waals surface area contributed by atoms with Crippen LogP contribution in [0.5, 0.6) is 0 Å². The Bertz CT molecular complexity index is 1390. The first kappa shape index (κ1) is 24.3. The number of benzene rings is 3. The Morgan fingerprint density at radius 1 is 1.12 bits per heavy atom. The van der Waals surface area contributed by atoms with E-state index in [1.165, 1.54) is 40.9 Å².